The molecule has 0 saturated heterocycles. The first-order valence-electron chi connectivity index (χ1n) is 8.94. The molecule has 0 fully saturated rings. The Labute approximate surface area is 173 Å². The number of hydrogen-bond acceptors (Lipinski definition) is 7. The topological polar surface area (TPSA) is 140 Å². The van der Waals surface area contributed by atoms with E-state index in [1.807, 2.05) is 0 Å². The number of carboxylic acid groups (broad SMARTS) is 1. The van der Waals surface area contributed by atoms with E-state index in [9.17, 15) is 24.4 Å². The number of carboxylic acids is 1. The van der Waals surface area contributed by atoms with Gasteiger partial charge in [-0.25, -0.2) is 9.80 Å². The van der Waals surface area contributed by atoms with E-state index in [2.05, 4.69) is 5.10 Å². The van der Waals surface area contributed by atoms with Crippen LogP contribution in [0.3, 0.4) is 0 Å². The molecule has 1 aliphatic rings. The maximum Gasteiger partial charge on any atom is 0.435 e. The van der Waals surface area contributed by atoms with Crippen LogP contribution in [-0.4, -0.2) is 75.2 Å². The van der Waals surface area contributed by atoms with Crippen molar-refractivity contribution in [2.75, 3.05) is 18.5 Å². The van der Waals surface area contributed by atoms with Gasteiger partial charge < -0.3 is 14.7 Å². The number of rotatable bonds is 6. The molecule has 0 saturated carbocycles. The van der Waals surface area contributed by atoms with E-state index in [4.69, 9.17) is 9.84 Å². The van der Waals surface area contributed by atoms with Gasteiger partial charge in [0.05, 0.1) is 0 Å². The van der Waals surface area contributed by atoms with Crippen molar-refractivity contribution in [3.05, 3.63) is 29.8 Å². The molecule has 1 heterocycles. The molecule has 3 amide bonds. The summed E-state index contributed by atoms with van der Waals surface area (Å²) in [6, 6.07) is 5.93. The fraction of sp³-hybridized carbons (Fsp3) is 0.421. The summed E-state index contributed by atoms with van der Waals surface area (Å²) in [5.74, 6) is -1.84. The van der Waals surface area contributed by atoms with Gasteiger partial charge in [0.25, 0.3) is 5.91 Å². The number of hydrogen-bond donors (Lipinski definition) is 2. The number of aliphatic carboxylic acids is 1. The van der Waals surface area contributed by atoms with Crippen LogP contribution < -0.4 is 4.90 Å². The van der Waals surface area contributed by atoms with Crippen molar-refractivity contribution in [3.63, 3.8) is 0 Å². The number of nitrogens with zero attached hydrogens (tertiary/aromatic N) is 4. The van der Waals surface area contributed by atoms with Crippen molar-refractivity contribution in [3.8, 4) is 0 Å². The van der Waals surface area contributed by atoms with Crippen LogP contribution in [0.25, 0.3) is 0 Å². The summed E-state index contributed by atoms with van der Waals surface area (Å²) in [4.78, 5) is 48.1. The molecular formula is C19H24N4O7. The summed E-state index contributed by atoms with van der Waals surface area (Å²) in [6.07, 6.45) is -0.734. The first kappa shape index (κ1) is 22.8. The predicted octanol–water partition coefficient (Wildman–Crippen LogP) is 1.30. The zero-order valence-electron chi connectivity index (χ0n) is 17.3. The van der Waals surface area contributed by atoms with E-state index in [0.717, 1.165) is 9.91 Å². The lowest BCUT2D eigenvalue weighted by molar-refractivity contribution is -0.161. The van der Waals surface area contributed by atoms with Crippen LogP contribution in [0, 0.1) is 0 Å². The van der Waals surface area contributed by atoms with E-state index in [-0.39, 0.29) is 10.8 Å². The molecule has 0 aromatic heterocycles. The zero-order chi connectivity index (χ0) is 22.9. The van der Waals surface area contributed by atoms with Gasteiger partial charge >= 0.3 is 12.1 Å². The third kappa shape index (κ3) is 4.40. The van der Waals surface area contributed by atoms with Crippen molar-refractivity contribution in [2.45, 2.75) is 38.8 Å². The van der Waals surface area contributed by atoms with Crippen LogP contribution in [-0.2, 0) is 19.1 Å². The van der Waals surface area contributed by atoms with Crippen LogP contribution >= 0.6 is 0 Å². The van der Waals surface area contributed by atoms with Gasteiger partial charge in [-0.3, -0.25) is 19.6 Å². The Balaban J connectivity index is 2.40. The highest BCUT2D eigenvalue weighted by Crippen LogP contribution is 2.30. The number of ether oxygens (including phenoxy) is 1. The van der Waals surface area contributed by atoms with E-state index in [1.54, 1.807) is 20.8 Å². The van der Waals surface area contributed by atoms with Crippen LogP contribution in [0.1, 0.15) is 33.3 Å². The summed E-state index contributed by atoms with van der Waals surface area (Å²) in [7, 11) is 1.38. The van der Waals surface area contributed by atoms with Crippen molar-refractivity contribution in [1.82, 2.24) is 10.1 Å². The minimum atomic E-state index is -1.86. The number of carbonyl (C=O) groups excluding carboxylic acids is 3. The Morgan fingerprint density at radius 1 is 1.27 bits per heavy atom. The molecule has 30 heavy (non-hydrogen) atoms. The van der Waals surface area contributed by atoms with Crippen molar-refractivity contribution < 1.29 is 34.2 Å². The minimum Gasteiger partial charge on any atom is -0.480 e. The number of hydroxylamine groups is 2. The van der Waals surface area contributed by atoms with Crippen molar-refractivity contribution in [1.29, 1.82) is 0 Å². The summed E-state index contributed by atoms with van der Waals surface area (Å²) in [5, 5.41) is 24.8. The number of carbonyl (C=O) groups is 4. The highest BCUT2D eigenvalue weighted by molar-refractivity contribution is 6.24. The zero-order valence-corrected chi connectivity index (χ0v) is 17.3. The second-order valence-corrected chi connectivity index (χ2v) is 7.82. The maximum atomic E-state index is 12.7. The van der Waals surface area contributed by atoms with Crippen molar-refractivity contribution in [2.24, 2.45) is 5.10 Å². The molecular weight excluding hydrogens is 396 g/mol. The molecule has 2 N–H and O–H groups in total. The number of likely N-dealkylation sites (N-methyl/N-ethyl adjacent to an activating group) is 1. The summed E-state index contributed by atoms with van der Waals surface area (Å²) < 4.78 is 5.16. The lowest BCUT2D eigenvalue weighted by atomic mass is 9.90. The third-order valence-corrected chi connectivity index (χ3v) is 4.32. The largest absolute Gasteiger partial charge is 0.480 e. The minimum absolute atomic E-state index is 0.0748. The Bertz CT molecular complexity index is 891. The first-order valence-corrected chi connectivity index (χ1v) is 8.94. The van der Waals surface area contributed by atoms with Crippen LogP contribution in [0.15, 0.2) is 29.4 Å². The number of anilines is 1. The molecule has 162 valence electrons. The SMILES string of the molecule is CN1N=C(c2ccc(N(C=O)CC(=O)O)cc2)C(C)(N(O)C(=O)OC(C)(C)C)C1=O. The molecule has 0 bridgehead atoms. The average molecular weight is 420 g/mol. The van der Waals surface area contributed by atoms with E-state index in [1.165, 1.54) is 38.2 Å². The molecule has 11 nitrogen and oxygen atoms in total. The predicted molar refractivity (Wildman–Crippen MR) is 105 cm³/mol. The quantitative estimate of drug-likeness (QED) is 0.401. The molecule has 11 heteroatoms. The fourth-order valence-electron chi connectivity index (χ4n) is 2.87. The molecule has 0 aliphatic carbocycles. The van der Waals surface area contributed by atoms with Gasteiger partial charge in [0.2, 0.25) is 6.41 Å². The number of benzene rings is 1. The third-order valence-electron chi connectivity index (χ3n) is 4.32. The summed E-state index contributed by atoms with van der Waals surface area (Å²) in [6.45, 7) is 5.66. The van der Waals surface area contributed by atoms with Crippen LogP contribution in [0.2, 0.25) is 0 Å². The molecule has 1 aromatic carbocycles. The molecule has 1 aromatic rings. The lowest BCUT2D eigenvalue weighted by Crippen LogP contribution is -2.59. The Morgan fingerprint density at radius 3 is 2.30 bits per heavy atom. The molecule has 1 unspecified atom stereocenters. The van der Waals surface area contributed by atoms with Gasteiger partial charge in [-0.1, -0.05) is 12.1 Å². The van der Waals surface area contributed by atoms with Gasteiger partial charge in [-0.2, -0.15) is 10.2 Å². The van der Waals surface area contributed by atoms with Gasteiger partial charge in [0, 0.05) is 18.3 Å². The highest BCUT2D eigenvalue weighted by Gasteiger charge is 2.54. The first-order chi connectivity index (χ1) is 13.8. The Kier molecular flexibility index (Phi) is 6.17. The smallest absolute Gasteiger partial charge is 0.435 e. The summed E-state index contributed by atoms with van der Waals surface area (Å²) >= 11 is 0. The van der Waals surface area contributed by atoms with Gasteiger partial charge in [-0.05, 0) is 39.8 Å². The molecule has 0 radical (unpaired) electrons. The maximum absolute atomic E-state index is 12.7. The van der Waals surface area contributed by atoms with Crippen LogP contribution in [0.4, 0.5) is 10.5 Å². The Hall–Kier alpha value is -3.47. The normalized spacial score (nSPS) is 18.7. The molecule has 1 atom stereocenters. The molecule has 1 aliphatic heterocycles. The van der Waals surface area contributed by atoms with E-state index in [0.29, 0.717) is 17.7 Å². The number of hydrazone groups is 1. The highest BCUT2D eigenvalue weighted by atomic mass is 16.6. The Morgan fingerprint density at radius 2 is 1.83 bits per heavy atom. The fourth-order valence-corrected chi connectivity index (χ4v) is 2.87. The van der Waals surface area contributed by atoms with E-state index < -0.39 is 35.7 Å². The van der Waals surface area contributed by atoms with Gasteiger partial charge in [0.15, 0.2) is 5.54 Å². The average Bonchev–Trinajstić information content (AvgIpc) is 2.89. The second kappa shape index (κ2) is 8.11. The van der Waals surface area contributed by atoms with Crippen molar-refractivity contribution >= 4 is 35.8 Å². The van der Waals surface area contributed by atoms with Crippen LogP contribution in [0.5, 0.6) is 0 Å². The van der Waals surface area contributed by atoms with E-state index >= 15 is 0 Å². The van der Waals surface area contributed by atoms with Gasteiger partial charge in [-0.15, -0.1) is 0 Å². The van der Waals surface area contributed by atoms with Gasteiger partial charge in [0.1, 0.15) is 17.9 Å². The monoisotopic (exact) mass is 420 g/mol. The second-order valence-electron chi connectivity index (χ2n) is 7.82. The molecule has 0 spiro atoms. The lowest BCUT2D eigenvalue weighted by Gasteiger charge is -2.33. The standard InChI is InChI=1S/C19H24N4O7/c1-18(2,3)30-17(28)23(29)19(4)15(20-21(5)16(19)27)12-6-8-13(9-7-12)22(11-24)10-14(25)26/h6-9,11,29H,10H2,1-5H3,(H,25,26). The summed E-state index contributed by atoms with van der Waals surface area (Å²) in [5.41, 5.74) is -1.99. The molecule has 2 rings (SSSR count). The number of amides is 3.